The van der Waals surface area contributed by atoms with Crippen LogP contribution in [0.1, 0.15) is 90.9 Å². The standard InChI is InChI=1S/C17H35FO/c1-4-6-8-9-10-11-12-13-15-17(19-3)16(18)14-7-5-2/h16-17H,4-15H2,1-3H3. The van der Waals surface area contributed by atoms with E-state index >= 15 is 0 Å². The number of halogens is 1. The maximum absolute atomic E-state index is 13.8. The van der Waals surface area contributed by atoms with E-state index in [1.165, 1.54) is 44.9 Å². The molecule has 0 aromatic heterocycles. The van der Waals surface area contributed by atoms with E-state index in [9.17, 15) is 4.39 Å². The Labute approximate surface area is 120 Å². The summed E-state index contributed by atoms with van der Waals surface area (Å²) < 4.78 is 19.1. The number of hydrogen-bond acceptors (Lipinski definition) is 1. The number of hydrogen-bond donors (Lipinski definition) is 0. The van der Waals surface area contributed by atoms with E-state index in [0.717, 1.165) is 25.7 Å². The molecule has 0 aliphatic rings. The molecule has 0 radical (unpaired) electrons. The van der Waals surface area contributed by atoms with E-state index in [0.29, 0.717) is 6.42 Å². The molecule has 0 fully saturated rings. The van der Waals surface area contributed by atoms with Gasteiger partial charge < -0.3 is 4.74 Å². The van der Waals surface area contributed by atoms with Crippen molar-refractivity contribution in [3.05, 3.63) is 0 Å². The predicted octanol–water partition coefficient (Wildman–Crippen LogP) is 6.06. The zero-order chi connectivity index (χ0) is 14.3. The van der Waals surface area contributed by atoms with E-state index in [4.69, 9.17) is 4.74 Å². The highest BCUT2D eigenvalue weighted by Gasteiger charge is 2.19. The molecule has 0 aliphatic heterocycles. The maximum Gasteiger partial charge on any atom is 0.126 e. The van der Waals surface area contributed by atoms with Gasteiger partial charge in [0.1, 0.15) is 6.17 Å². The third-order valence-corrected chi connectivity index (χ3v) is 3.88. The van der Waals surface area contributed by atoms with Crippen LogP contribution in [0.5, 0.6) is 0 Å². The summed E-state index contributed by atoms with van der Waals surface area (Å²) in [6.45, 7) is 4.35. The Morgan fingerprint density at radius 1 is 0.737 bits per heavy atom. The highest BCUT2D eigenvalue weighted by Crippen LogP contribution is 2.18. The van der Waals surface area contributed by atoms with Crippen molar-refractivity contribution in [2.45, 2.75) is 103 Å². The molecule has 0 spiro atoms. The van der Waals surface area contributed by atoms with Gasteiger partial charge in [-0.2, -0.15) is 0 Å². The summed E-state index contributed by atoms with van der Waals surface area (Å²) in [6, 6.07) is 0. The van der Waals surface area contributed by atoms with Gasteiger partial charge in [-0.15, -0.1) is 0 Å². The molecular formula is C17H35FO. The molecular weight excluding hydrogens is 239 g/mol. The second-order valence-corrected chi connectivity index (χ2v) is 5.70. The molecule has 0 aromatic rings. The summed E-state index contributed by atoms with van der Waals surface area (Å²) in [4.78, 5) is 0. The average molecular weight is 274 g/mol. The molecule has 19 heavy (non-hydrogen) atoms. The largest absolute Gasteiger partial charge is 0.378 e. The van der Waals surface area contributed by atoms with Gasteiger partial charge in [-0.3, -0.25) is 0 Å². The highest BCUT2D eigenvalue weighted by molar-refractivity contribution is 4.69. The zero-order valence-corrected chi connectivity index (χ0v) is 13.4. The van der Waals surface area contributed by atoms with Crippen LogP contribution in [0, 0.1) is 0 Å². The topological polar surface area (TPSA) is 9.23 Å². The van der Waals surface area contributed by atoms with Gasteiger partial charge in [0.15, 0.2) is 0 Å². The summed E-state index contributed by atoms with van der Waals surface area (Å²) in [5.41, 5.74) is 0. The quantitative estimate of drug-likeness (QED) is 0.350. The second kappa shape index (κ2) is 14.3. The highest BCUT2D eigenvalue weighted by atomic mass is 19.1. The monoisotopic (exact) mass is 274 g/mol. The molecule has 0 rings (SSSR count). The third kappa shape index (κ3) is 11.4. The summed E-state index contributed by atoms with van der Waals surface area (Å²) in [7, 11) is 1.65. The van der Waals surface area contributed by atoms with Gasteiger partial charge in [-0.05, 0) is 12.8 Å². The minimum atomic E-state index is -0.769. The van der Waals surface area contributed by atoms with Gasteiger partial charge in [-0.1, -0.05) is 78.1 Å². The minimum Gasteiger partial charge on any atom is -0.378 e. The average Bonchev–Trinajstić information content (AvgIpc) is 2.43. The van der Waals surface area contributed by atoms with Gasteiger partial charge in [0, 0.05) is 7.11 Å². The maximum atomic E-state index is 13.8. The van der Waals surface area contributed by atoms with Gasteiger partial charge in [-0.25, -0.2) is 4.39 Å². The molecule has 0 N–H and O–H groups in total. The van der Waals surface area contributed by atoms with E-state index < -0.39 is 6.17 Å². The lowest BCUT2D eigenvalue weighted by Gasteiger charge is -2.19. The molecule has 2 atom stereocenters. The Balaban J connectivity index is 3.45. The fourth-order valence-electron chi connectivity index (χ4n) is 2.51. The first kappa shape index (κ1) is 18.9. The number of ether oxygens (including phenoxy) is 1. The van der Waals surface area contributed by atoms with Crippen molar-refractivity contribution < 1.29 is 9.13 Å². The molecule has 0 saturated carbocycles. The van der Waals surface area contributed by atoms with Crippen LogP contribution in [0.4, 0.5) is 4.39 Å². The van der Waals surface area contributed by atoms with Crippen LogP contribution in [0.3, 0.4) is 0 Å². The second-order valence-electron chi connectivity index (χ2n) is 5.70. The molecule has 0 bridgehead atoms. The van der Waals surface area contributed by atoms with E-state index in [2.05, 4.69) is 13.8 Å². The molecule has 0 aromatic carbocycles. The van der Waals surface area contributed by atoms with Gasteiger partial charge in [0.2, 0.25) is 0 Å². The molecule has 0 amide bonds. The smallest absolute Gasteiger partial charge is 0.126 e. The predicted molar refractivity (Wildman–Crippen MR) is 82.4 cm³/mol. The molecule has 0 aliphatic carbocycles. The van der Waals surface area contributed by atoms with Crippen LogP contribution < -0.4 is 0 Å². The molecule has 2 unspecified atom stereocenters. The van der Waals surface area contributed by atoms with Crippen molar-refractivity contribution in [1.82, 2.24) is 0 Å². The lowest BCUT2D eigenvalue weighted by molar-refractivity contribution is 0.0205. The van der Waals surface area contributed by atoms with Crippen molar-refractivity contribution in [3.8, 4) is 0 Å². The first-order chi connectivity index (χ1) is 9.26. The lowest BCUT2D eigenvalue weighted by Crippen LogP contribution is -2.24. The fraction of sp³-hybridized carbons (Fsp3) is 1.00. The number of methoxy groups -OCH3 is 1. The fourth-order valence-corrected chi connectivity index (χ4v) is 2.51. The van der Waals surface area contributed by atoms with Crippen LogP contribution in [0.25, 0.3) is 0 Å². The van der Waals surface area contributed by atoms with Crippen LogP contribution in [-0.2, 0) is 4.74 Å². The third-order valence-electron chi connectivity index (χ3n) is 3.88. The molecule has 116 valence electrons. The van der Waals surface area contributed by atoms with Gasteiger partial charge >= 0.3 is 0 Å². The van der Waals surface area contributed by atoms with Crippen LogP contribution >= 0.6 is 0 Å². The number of unbranched alkanes of at least 4 members (excludes halogenated alkanes) is 8. The summed E-state index contributed by atoms with van der Waals surface area (Å²) >= 11 is 0. The Bertz CT molecular complexity index is 173. The van der Waals surface area contributed by atoms with Crippen LogP contribution in [0.2, 0.25) is 0 Å². The minimum absolute atomic E-state index is 0.174. The summed E-state index contributed by atoms with van der Waals surface area (Å²) in [6.07, 6.45) is 13.0. The zero-order valence-electron chi connectivity index (χ0n) is 13.4. The lowest BCUT2D eigenvalue weighted by atomic mass is 10.0. The summed E-state index contributed by atoms with van der Waals surface area (Å²) in [5.74, 6) is 0. The number of alkyl halides is 1. The van der Waals surface area contributed by atoms with Crippen molar-refractivity contribution in [2.24, 2.45) is 0 Å². The van der Waals surface area contributed by atoms with Crippen molar-refractivity contribution in [3.63, 3.8) is 0 Å². The van der Waals surface area contributed by atoms with Crippen molar-refractivity contribution in [2.75, 3.05) is 7.11 Å². The molecule has 1 nitrogen and oxygen atoms in total. The van der Waals surface area contributed by atoms with Crippen molar-refractivity contribution >= 4 is 0 Å². The van der Waals surface area contributed by atoms with E-state index in [1.807, 2.05) is 0 Å². The van der Waals surface area contributed by atoms with Crippen LogP contribution in [0.15, 0.2) is 0 Å². The van der Waals surface area contributed by atoms with E-state index in [1.54, 1.807) is 7.11 Å². The van der Waals surface area contributed by atoms with Gasteiger partial charge in [0.05, 0.1) is 6.10 Å². The number of rotatable bonds is 14. The molecule has 0 heterocycles. The van der Waals surface area contributed by atoms with Gasteiger partial charge in [0.25, 0.3) is 0 Å². The Hall–Kier alpha value is -0.110. The Kier molecular flexibility index (Phi) is 14.2. The van der Waals surface area contributed by atoms with Crippen molar-refractivity contribution in [1.29, 1.82) is 0 Å². The van der Waals surface area contributed by atoms with E-state index in [-0.39, 0.29) is 6.10 Å². The Morgan fingerprint density at radius 2 is 1.26 bits per heavy atom. The first-order valence-corrected chi connectivity index (χ1v) is 8.43. The SMILES string of the molecule is CCCCCCCCCCC(OC)C(F)CCCC. The first-order valence-electron chi connectivity index (χ1n) is 8.43. The molecule has 0 saturated heterocycles. The molecule has 2 heteroatoms. The normalized spacial score (nSPS) is 14.5. The van der Waals surface area contributed by atoms with Crippen LogP contribution in [-0.4, -0.2) is 19.4 Å². The Morgan fingerprint density at radius 3 is 1.79 bits per heavy atom. The summed E-state index contributed by atoms with van der Waals surface area (Å²) in [5, 5.41) is 0.